The molecule has 0 bridgehead atoms. The summed E-state index contributed by atoms with van der Waals surface area (Å²) in [6, 6.07) is 17.6. The summed E-state index contributed by atoms with van der Waals surface area (Å²) in [4.78, 5) is 13.5. The number of nitrogens with zero attached hydrogens (tertiary/aromatic N) is 4. The van der Waals surface area contributed by atoms with Crippen LogP contribution < -0.4 is 0 Å². The summed E-state index contributed by atoms with van der Waals surface area (Å²) in [6.07, 6.45) is 0. The van der Waals surface area contributed by atoms with Gasteiger partial charge in [0.05, 0.1) is 21.0 Å². The van der Waals surface area contributed by atoms with E-state index < -0.39 is 0 Å². The number of hydrogen-bond donors (Lipinski definition) is 1. The van der Waals surface area contributed by atoms with Gasteiger partial charge < -0.3 is 5.11 Å². The average Bonchev–Trinajstić information content (AvgIpc) is 3.12. The predicted molar refractivity (Wildman–Crippen MR) is 114 cm³/mol. The van der Waals surface area contributed by atoms with E-state index in [4.69, 9.17) is 0 Å². The van der Waals surface area contributed by atoms with Crippen LogP contribution in [0.3, 0.4) is 0 Å². The first-order chi connectivity index (χ1) is 13.6. The van der Waals surface area contributed by atoms with Crippen molar-refractivity contribution in [2.45, 2.75) is 24.1 Å². The molecule has 0 aliphatic rings. The fraction of sp³-hybridized carbons (Fsp3) is 0.143. The SMILES string of the molecule is Cc1nc(SC(C)/C(O)=C(\C#N)c2nc3ccccc3s2)c2ccccc2n1. The van der Waals surface area contributed by atoms with E-state index in [1.54, 1.807) is 0 Å². The molecule has 4 rings (SSSR count). The number of aliphatic hydroxyl groups excluding tert-OH is 1. The van der Waals surface area contributed by atoms with Crippen LogP contribution in [0.4, 0.5) is 0 Å². The molecule has 0 radical (unpaired) electrons. The van der Waals surface area contributed by atoms with Gasteiger partial charge in [0.2, 0.25) is 0 Å². The van der Waals surface area contributed by atoms with E-state index >= 15 is 0 Å². The number of fused-ring (bicyclic) bond motifs is 2. The predicted octanol–water partition coefficient (Wildman–Crippen LogP) is 5.52. The van der Waals surface area contributed by atoms with Gasteiger partial charge in [0.15, 0.2) is 0 Å². The molecule has 0 saturated carbocycles. The lowest BCUT2D eigenvalue weighted by atomic mass is 10.2. The van der Waals surface area contributed by atoms with Gasteiger partial charge in [-0.25, -0.2) is 15.0 Å². The van der Waals surface area contributed by atoms with E-state index in [0.29, 0.717) is 10.8 Å². The van der Waals surface area contributed by atoms with Crippen molar-refractivity contribution in [2.24, 2.45) is 0 Å². The van der Waals surface area contributed by atoms with E-state index in [1.165, 1.54) is 23.1 Å². The zero-order valence-electron chi connectivity index (χ0n) is 15.2. The Morgan fingerprint density at radius 2 is 1.79 bits per heavy atom. The van der Waals surface area contributed by atoms with Crippen LogP contribution in [-0.4, -0.2) is 25.3 Å². The number of rotatable bonds is 4. The molecule has 0 aliphatic carbocycles. The third kappa shape index (κ3) is 3.44. The van der Waals surface area contributed by atoms with Gasteiger partial charge in [-0.2, -0.15) is 5.26 Å². The standard InChI is InChI=1S/C21H16N4OS2/c1-12(27-20-14-7-3-4-8-16(14)23-13(2)24-20)19(26)15(11-22)21-25-17-9-5-6-10-18(17)28-21/h3-10,12,26H,1-2H3/b19-15-. The minimum atomic E-state index is -0.362. The Hall–Kier alpha value is -2.95. The van der Waals surface area contributed by atoms with Gasteiger partial charge in [0.1, 0.15) is 33.3 Å². The molecular formula is C21H16N4OS2. The minimum Gasteiger partial charge on any atom is -0.510 e. The zero-order valence-corrected chi connectivity index (χ0v) is 16.9. The summed E-state index contributed by atoms with van der Waals surface area (Å²) >= 11 is 2.81. The lowest BCUT2D eigenvalue weighted by Gasteiger charge is -2.13. The fourth-order valence-corrected chi connectivity index (χ4v) is 4.89. The molecule has 1 unspecified atom stereocenters. The summed E-state index contributed by atoms with van der Waals surface area (Å²) in [5.74, 6) is 0.676. The average molecular weight is 405 g/mol. The summed E-state index contributed by atoms with van der Waals surface area (Å²) in [5.41, 5.74) is 1.89. The highest BCUT2D eigenvalue weighted by molar-refractivity contribution is 8.00. The maximum Gasteiger partial charge on any atom is 0.138 e. The lowest BCUT2D eigenvalue weighted by molar-refractivity contribution is 0.402. The first-order valence-electron chi connectivity index (χ1n) is 8.66. The Kier molecular flexibility index (Phi) is 4.99. The minimum absolute atomic E-state index is 0.00639. The molecular weight excluding hydrogens is 388 g/mol. The third-order valence-electron chi connectivity index (χ3n) is 4.23. The molecule has 5 nitrogen and oxygen atoms in total. The highest BCUT2D eigenvalue weighted by atomic mass is 32.2. The highest BCUT2D eigenvalue weighted by Crippen LogP contribution is 2.35. The van der Waals surface area contributed by atoms with Crippen LogP contribution in [0.1, 0.15) is 17.8 Å². The van der Waals surface area contributed by atoms with Crippen molar-refractivity contribution in [1.29, 1.82) is 5.26 Å². The summed E-state index contributed by atoms with van der Waals surface area (Å²) in [6.45, 7) is 3.70. The van der Waals surface area contributed by atoms with Crippen molar-refractivity contribution >= 4 is 49.8 Å². The summed E-state index contributed by atoms with van der Waals surface area (Å²) in [5, 5.41) is 22.4. The molecule has 2 aromatic heterocycles. The Morgan fingerprint density at radius 3 is 2.54 bits per heavy atom. The van der Waals surface area contributed by atoms with Gasteiger partial charge in [0.25, 0.3) is 0 Å². The maximum atomic E-state index is 10.8. The van der Waals surface area contributed by atoms with Crippen LogP contribution in [0.5, 0.6) is 0 Å². The molecule has 0 fully saturated rings. The summed E-state index contributed by atoms with van der Waals surface area (Å²) < 4.78 is 0.982. The molecule has 138 valence electrons. The van der Waals surface area contributed by atoms with Crippen LogP contribution in [0.25, 0.3) is 26.7 Å². The van der Waals surface area contributed by atoms with E-state index in [0.717, 1.165) is 26.1 Å². The Balaban J connectivity index is 1.72. The molecule has 1 atom stereocenters. The first kappa shape index (κ1) is 18.4. The third-order valence-corrected chi connectivity index (χ3v) is 6.39. The second-order valence-electron chi connectivity index (χ2n) is 6.21. The van der Waals surface area contributed by atoms with Crippen molar-refractivity contribution in [3.63, 3.8) is 0 Å². The van der Waals surface area contributed by atoms with Crippen molar-refractivity contribution in [3.05, 3.63) is 65.1 Å². The van der Waals surface area contributed by atoms with E-state index in [9.17, 15) is 10.4 Å². The largest absolute Gasteiger partial charge is 0.510 e. The monoisotopic (exact) mass is 404 g/mol. The highest BCUT2D eigenvalue weighted by Gasteiger charge is 2.21. The number of nitriles is 1. The first-order valence-corrected chi connectivity index (χ1v) is 10.4. The quantitative estimate of drug-likeness (QED) is 0.209. The normalized spacial score (nSPS) is 13.3. The smallest absolute Gasteiger partial charge is 0.138 e. The number of hydrogen-bond acceptors (Lipinski definition) is 7. The van der Waals surface area contributed by atoms with Gasteiger partial charge in [-0.15, -0.1) is 11.3 Å². The molecule has 28 heavy (non-hydrogen) atoms. The second kappa shape index (κ2) is 7.58. The molecule has 7 heteroatoms. The van der Waals surface area contributed by atoms with Crippen molar-refractivity contribution in [2.75, 3.05) is 0 Å². The molecule has 2 aromatic carbocycles. The Morgan fingerprint density at radius 1 is 1.07 bits per heavy atom. The molecule has 4 aromatic rings. The van der Waals surface area contributed by atoms with E-state index in [2.05, 4.69) is 21.0 Å². The van der Waals surface area contributed by atoms with Crippen LogP contribution in [0.2, 0.25) is 0 Å². The number of aromatic nitrogens is 3. The Labute approximate surface area is 170 Å². The number of thioether (sulfide) groups is 1. The number of allylic oxidation sites excluding steroid dienone is 1. The zero-order chi connectivity index (χ0) is 19.7. The maximum absolute atomic E-state index is 10.8. The van der Waals surface area contributed by atoms with Crippen molar-refractivity contribution < 1.29 is 5.11 Å². The van der Waals surface area contributed by atoms with E-state index in [1.807, 2.05) is 62.4 Å². The second-order valence-corrected chi connectivity index (χ2v) is 8.57. The molecule has 0 amide bonds. The van der Waals surface area contributed by atoms with Gasteiger partial charge >= 0.3 is 0 Å². The Bertz CT molecular complexity index is 1220. The van der Waals surface area contributed by atoms with Crippen LogP contribution in [0, 0.1) is 18.3 Å². The van der Waals surface area contributed by atoms with Crippen LogP contribution in [-0.2, 0) is 0 Å². The molecule has 0 saturated heterocycles. The van der Waals surface area contributed by atoms with Gasteiger partial charge in [-0.3, -0.25) is 0 Å². The number of thiazole rings is 1. The number of para-hydroxylation sites is 2. The number of benzene rings is 2. The van der Waals surface area contributed by atoms with E-state index in [-0.39, 0.29) is 16.6 Å². The molecule has 0 spiro atoms. The molecule has 0 aliphatic heterocycles. The van der Waals surface area contributed by atoms with Crippen molar-refractivity contribution in [1.82, 2.24) is 15.0 Å². The topological polar surface area (TPSA) is 82.7 Å². The fourth-order valence-electron chi connectivity index (χ4n) is 2.87. The number of aryl methyl sites for hydroxylation is 1. The molecule has 2 heterocycles. The van der Waals surface area contributed by atoms with Crippen LogP contribution in [0.15, 0.2) is 59.3 Å². The van der Waals surface area contributed by atoms with Gasteiger partial charge in [-0.05, 0) is 32.0 Å². The van der Waals surface area contributed by atoms with Gasteiger partial charge in [0, 0.05) is 5.39 Å². The van der Waals surface area contributed by atoms with Crippen LogP contribution >= 0.6 is 23.1 Å². The summed E-state index contributed by atoms with van der Waals surface area (Å²) in [7, 11) is 0. The lowest BCUT2D eigenvalue weighted by Crippen LogP contribution is -2.05. The number of aliphatic hydroxyl groups is 1. The van der Waals surface area contributed by atoms with Crippen molar-refractivity contribution in [3.8, 4) is 6.07 Å². The molecule has 1 N–H and O–H groups in total. The van der Waals surface area contributed by atoms with Gasteiger partial charge in [-0.1, -0.05) is 42.1 Å².